The Morgan fingerprint density at radius 3 is 2.29 bits per heavy atom. The van der Waals surface area contributed by atoms with Gasteiger partial charge in [-0.3, -0.25) is 9.59 Å². The fraction of sp³-hybridized carbons (Fsp3) is 0.300. The second-order valence-corrected chi connectivity index (χ2v) is 9.39. The third-order valence-electron chi connectivity index (χ3n) is 6.78. The molecule has 1 aliphatic rings. The zero-order valence-electron chi connectivity index (χ0n) is 23.2. The maximum atomic E-state index is 14.7. The van der Waals surface area contributed by atoms with Crippen molar-refractivity contribution in [3.8, 4) is 11.5 Å². The molecule has 3 aromatic carbocycles. The molecule has 3 aromatic rings. The number of hydrogen-bond acceptors (Lipinski definition) is 6. The summed E-state index contributed by atoms with van der Waals surface area (Å²) >= 11 is 0. The highest BCUT2D eigenvalue weighted by Gasteiger charge is 2.36. The molecule has 8 nitrogen and oxygen atoms in total. The molecule has 1 atom stereocenters. The Morgan fingerprint density at radius 2 is 1.67 bits per heavy atom. The number of rotatable bonds is 10. The van der Waals surface area contributed by atoms with Crippen LogP contribution in [0.3, 0.4) is 0 Å². The number of methoxy groups -OCH3 is 3. The van der Waals surface area contributed by atoms with E-state index >= 15 is 0 Å². The van der Waals surface area contributed by atoms with Crippen molar-refractivity contribution >= 4 is 17.5 Å². The zero-order valence-corrected chi connectivity index (χ0v) is 23.2. The summed E-state index contributed by atoms with van der Waals surface area (Å²) in [5.41, 5.74) is 0.270. The molecule has 222 valence electrons. The van der Waals surface area contributed by atoms with Crippen molar-refractivity contribution in [3.63, 3.8) is 0 Å². The standard InChI is InChI=1S/C30H29F4N3O5/c1-40-15-14-36(29(39)19-8-11-21(12-9-19)30(32,33)34)18-28(38)37-25(20-10-13-26(41-2)27(16-20)42-3)17-24(35-37)22-6-4-5-7-23(22)31/h4-13,16,25H,14-15,17-18H2,1-3H3. The minimum Gasteiger partial charge on any atom is -0.493 e. The third-order valence-corrected chi connectivity index (χ3v) is 6.78. The highest BCUT2D eigenvalue weighted by Crippen LogP contribution is 2.38. The zero-order chi connectivity index (χ0) is 30.4. The molecule has 0 bridgehead atoms. The largest absolute Gasteiger partial charge is 0.493 e. The molecule has 1 heterocycles. The lowest BCUT2D eigenvalue weighted by Gasteiger charge is -2.27. The number of amides is 2. The molecule has 0 N–H and O–H groups in total. The lowest BCUT2D eigenvalue weighted by Crippen LogP contribution is -2.42. The van der Waals surface area contributed by atoms with Gasteiger partial charge in [-0.05, 0) is 48.0 Å². The van der Waals surface area contributed by atoms with E-state index in [1.54, 1.807) is 36.4 Å². The van der Waals surface area contributed by atoms with Gasteiger partial charge in [-0.1, -0.05) is 24.3 Å². The van der Waals surface area contributed by atoms with Gasteiger partial charge in [-0.2, -0.15) is 18.3 Å². The highest BCUT2D eigenvalue weighted by molar-refractivity contribution is 6.04. The van der Waals surface area contributed by atoms with E-state index in [1.807, 2.05) is 0 Å². The van der Waals surface area contributed by atoms with Crippen molar-refractivity contribution < 1.29 is 41.4 Å². The van der Waals surface area contributed by atoms with E-state index in [4.69, 9.17) is 14.2 Å². The van der Waals surface area contributed by atoms with Crippen LogP contribution in [-0.4, -0.2) is 68.5 Å². The number of halogens is 4. The van der Waals surface area contributed by atoms with Crippen molar-refractivity contribution in [3.05, 3.63) is 94.8 Å². The maximum Gasteiger partial charge on any atom is 0.416 e. The summed E-state index contributed by atoms with van der Waals surface area (Å²) in [5.74, 6) is -0.858. The summed E-state index contributed by atoms with van der Waals surface area (Å²) in [5, 5.41) is 5.67. The average Bonchev–Trinajstić information content (AvgIpc) is 3.43. The molecular formula is C30H29F4N3O5. The molecule has 0 aliphatic carbocycles. The van der Waals surface area contributed by atoms with Crippen LogP contribution in [0.5, 0.6) is 11.5 Å². The van der Waals surface area contributed by atoms with Crippen molar-refractivity contribution in [2.24, 2.45) is 5.10 Å². The Balaban J connectivity index is 1.66. The van der Waals surface area contributed by atoms with Crippen LogP contribution in [0.15, 0.2) is 71.8 Å². The topological polar surface area (TPSA) is 80.7 Å². The minimum absolute atomic E-state index is 0.0130. The van der Waals surface area contributed by atoms with Crippen molar-refractivity contribution in [2.75, 3.05) is 41.0 Å². The van der Waals surface area contributed by atoms with Crippen LogP contribution in [-0.2, 0) is 15.7 Å². The van der Waals surface area contributed by atoms with E-state index < -0.39 is 42.0 Å². The average molecular weight is 588 g/mol. The second-order valence-electron chi connectivity index (χ2n) is 9.39. The molecule has 0 aromatic heterocycles. The van der Waals surface area contributed by atoms with Crippen LogP contribution < -0.4 is 9.47 Å². The van der Waals surface area contributed by atoms with Gasteiger partial charge < -0.3 is 19.1 Å². The molecule has 0 spiro atoms. The number of alkyl halides is 3. The molecule has 0 fully saturated rings. The number of benzene rings is 3. The van der Waals surface area contributed by atoms with Gasteiger partial charge in [0.15, 0.2) is 11.5 Å². The first-order valence-corrected chi connectivity index (χ1v) is 12.9. The lowest BCUT2D eigenvalue weighted by molar-refractivity contribution is -0.137. The molecule has 12 heteroatoms. The van der Waals surface area contributed by atoms with Gasteiger partial charge in [0.1, 0.15) is 12.4 Å². The van der Waals surface area contributed by atoms with E-state index in [1.165, 1.54) is 37.3 Å². The fourth-order valence-corrected chi connectivity index (χ4v) is 4.59. The van der Waals surface area contributed by atoms with Crippen LogP contribution in [0.2, 0.25) is 0 Å². The summed E-state index contributed by atoms with van der Waals surface area (Å²) < 4.78 is 69.6. The molecule has 0 radical (unpaired) electrons. The first-order chi connectivity index (χ1) is 20.1. The Kier molecular flexibility index (Phi) is 9.46. The van der Waals surface area contributed by atoms with Gasteiger partial charge in [0.05, 0.1) is 38.1 Å². The lowest BCUT2D eigenvalue weighted by atomic mass is 9.97. The minimum atomic E-state index is -4.56. The molecular weight excluding hydrogens is 558 g/mol. The molecule has 2 amide bonds. The number of nitrogens with zero attached hydrogens (tertiary/aromatic N) is 3. The predicted molar refractivity (Wildman–Crippen MR) is 146 cm³/mol. The molecule has 1 unspecified atom stereocenters. The highest BCUT2D eigenvalue weighted by atomic mass is 19.4. The van der Waals surface area contributed by atoms with Gasteiger partial charge in [-0.25, -0.2) is 9.40 Å². The van der Waals surface area contributed by atoms with Crippen LogP contribution >= 0.6 is 0 Å². The number of ether oxygens (including phenoxy) is 3. The predicted octanol–water partition coefficient (Wildman–Crippen LogP) is 5.33. The number of carbonyl (C=O) groups excluding carboxylic acids is 2. The van der Waals surface area contributed by atoms with E-state index in [2.05, 4.69) is 5.10 Å². The van der Waals surface area contributed by atoms with Crippen LogP contribution in [0, 0.1) is 5.82 Å². The van der Waals surface area contributed by atoms with Gasteiger partial charge >= 0.3 is 6.18 Å². The Labute approximate surface area is 240 Å². The second kappa shape index (κ2) is 13.0. The smallest absolute Gasteiger partial charge is 0.416 e. The van der Waals surface area contributed by atoms with Crippen LogP contribution in [0.1, 0.15) is 39.5 Å². The summed E-state index contributed by atoms with van der Waals surface area (Å²) in [6.45, 7) is -0.398. The van der Waals surface area contributed by atoms with Crippen molar-refractivity contribution in [1.82, 2.24) is 9.91 Å². The normalized spacial score (nSPS) is 14.9. The quantitative estimate of drug-likeness (QED) is 0.300. The maximum absolute atomic E-state index is 14.7. The Morgan fingerprint density at radius 1 is 0.976 bits per heavy atom. The number of hydrazone groups is 1. The van der Waals surface area contributed by atoms with Crippen LogP contribution in [0.25, 0.3) is 0 Å². The first-order valence-electron chi connectivity index (χ1n) is 12.9. The van der Waals surface area contributed by atoms with Gasteiger partial charge in [-0.15, -0.1) is 0 Å². The van der Waals surface area contributed by atoms with Crippen molar-refractivity contribution in [1.29, 1.82) is 0 Å². The summed E-state index contributed by atoms with van der Waals surface area (Å²) in [4.78, 5) is 28.2. The van der Waals surface area contributed by atoms with Gasteiger partial charge in [0.25, 0.3) is 11.8 Å². The summed E-state index contributed by atoms with van der Waals surface area (Å²) in [6.07, 6.45) is -4.39. The fourth-order valence-electron chi connectivity index (χ4n) is 4.59. The van der Waals surface area contributed by atoms with Gasteiger partial charge in [0, 0.05) is 31.2 Å². The Bertz CT molecular complexity index is 1460. The van der Waals surface area contributed by atoms with Gasteiger partial charge in [0.2, 0.25) is 0 Å². The summed E-state index contributed by atoms with van der Waals surface area (Å²) in [6, 6.07) is 14.2. The third kappa shape index (κ3) is 6.71. The van der Waals surface area contributed by atoms with E-state index in [9.17, 15) is 27.2 Å². The summed E-state index contributed by atoms with van der Waals surface area (Å²) in [7, 11) is 4.38. The van der Waals surface area contributed by atoms with E-state index in [0.717, 1.165) is 24.3 Å². The van der Waals surface area contributed by atoms with E-state index in [0.29, 0.717) is 22.8 Å². The molecule has 1 aliphatic heterocycles. The van der Waals surface area contributed by atoms with Crippen molar-refractivity contribution in [2.45, 2.75) is 18.6 Å². The first kappa shape index (κ1) is 30.5. The van der Waals surface area contributed by atoms with E-state index in [-0.39, 0.29) is 30.7 Å². The molecule has 42 heavy (non-hydrogen) atoms. The van der Waals surface area contributed by atoms with Crippen LogP contribution in [0.4, 0.5) is 17.6 Å². The molecule has 0 saturated heterocycles. The monoisotopic (exact) mass is 587 g/mol. The SMILES string of the molecule is COCCN(CC(=O)N1N=C(c2ccccc2F)CC1c1ccc(OC)c(OC)c1)C(=O)c1ccc(C(F)(F)F)cc1. The molecule has 0 saturated carbocycles. The Hall–Kier alpha value is -4.45. The molecule has 4 rings (SSSR count). The number of hydrogen-bond donors (Lipinski definition) is 0. The number of carbonyl (C=O) groups is 2.